The Morgan fingerprint density at radius 2 is 1.90 bits per heavy atom. The Morgan fingerprint density at radius 1 is 1.20 bits per heavy atom. The first-order valence-corrected chi connectivity index (χ1v) is 9.34. The Labute approximate surface area is 132 Å². The molecule has 2 heterocycles. The van der Waals surface area contributed by atoms with Gasteiger partial charge in [-0.2, -0.15) is 0 Å². The van der Waals surface area contributed by atoms with Crippen molar-refractivity contribution >= 4 is 15.9 Å². The highest BCUT2D eigenvalue weighted by Crippen LogP contribution is 2.57. The number of alkyl halides is 1. The van der Waals surface area contributed by atoms with Crippen LogP contribution in [0.15, 0.2) is 0 Å². The van der Waals surface area contributed by atoms with Gasteiger partial charge in [0.15, 0.2) is 0 Å². The second-order valence-corrected chi connectivity index (χ2v) is 8.83. The highest BCUT2D eigenvalue weighted by Gasteiger charge is 2.65. The van der Waals surface area contributed by atoms with E-state index in [-0.39, 0.29) is 11.2 Å². The van der Waals surface area contributed by atoms with Crippen LogP contribution in [0.3, 0.4) is 0 Å². The lowest BCUT2D eigenvalue weighted by Crippen LogP contribution is -2.45. The van der Waals surface area contributed by atoms with Gasteiger partial charge in [0.2, 0.25) is 0 Å². The van der Waals surface area contributed by atoms with E-state index in [1.54, 1.807) is 0 Å². The lowest BCUT2D eigenvalue weighted by Gasteiger charge is -2.36. The molecule has 2 bridgehead atoms. The standard InChI is InChI=1S/C17H29BrO2/c1-12(2)17-10-15(16(3,20-17)9-14(17)18)19-11-13-7-5-4-6-8-13/h12-15H,4-11H2,1-3H3/t14-,15+,16-,17+/m0/s1. The quantitative estimate of drug-likeness (QED) is 0.688. The smallest absolute Gasteiger partial charge is 0.0936 e. The van der Waals surface area contributed by atoms with Crippen molar-refractivity contribution in [2.24, 2.45) is 11.8 Å². The second kappa shape index (κ2) is 5.55. The van der Waals surface area contributed by atoms with Crippen LogP contribution in [0.2, 0.25) is 0 Å². The third-order valence-electron chi connectivity index (χ3n) is 5.96. The maximum absolute atomic E-state index is 6.50. The fraction of sp³-hybridized carbons (Fsp3) is 1.00. The summed E-state index contributed by atoms with van der Waals surface area (Å²) in [5.74, 6) is 1.33. The molecule has 3 rings (SSSR count). The van der Waals surface area contributed by atoms with Gasteiger partial charge in [-0.05, 0) is 38.0 Å². The predicted octanol–water partition coefficient (Wildman–Crippen LogP) is 4.69. The lowest BCUT2D eigenvalue weighted by atomic mass is 9.75. The molecule has 3 fully saturated rings. The van der Waals surface area contributed by atoms with Crippen molar-refractivity contribution in [3.05, 3.63) is 0 Å². The van der Waals surface area contributed by atoms with Crippen molar-refractivity contribution in [2.45, 2.75) is 87.9 Å². The van der Waals surface area contributed by atoms with Crippen molar-refractivity contribution in [1.29, 1.82) is 0 Å². The van der Waals surface area contributed by atoms with E-state index < -0.39 is 0 Å². The van der Waals surface area contributed by atoms with Gasteiger partial charge < -0.3 is 9.47 Å². The maximum atomic E-state index is 6.50. The fourth-order valence-corrected chi connectivity index (χ4v) is 5.95. The van der Waals surface area contributed by atoms with Crippen LogP contribution in [0.1, 0.15) is 65.7 Å². The molecule has 0 N–H and O–H groups in total. The molecule has 0 aromatic rings. The van der Waals surface area contributed by atoms with E-state index in [0.29, 0.717) is 16.8 Å². The van der Waals surface area contributed by atoms with E-state index in [2.05, 4.69) is 36.7 Å². The Balaban J connectivity index is 1.61. The fourth-order valence-electron chi connectivity index (χ4n) is 4.50. The van der Waals surface area contributed by atoms with Crippen molar-refractivity contribution in [3.63, 3.8) is 0 Å². The molecule has 4 atom stereocenters. The Kier molecular flexibility index (Phi) is 4.25. The summed E-state index contributed by atoms with van der Waals surface area (Å²) in [5.41, 5.74) is -0.0842. The Bertz CT molecular complexity index is 353. The zero-order valence-corrected chi connectivity index (χ0v) is 14.7. The third-order valence-corrected chi connectivity index (χ3v) is 7.06. The van der Waals surface area contributed by atoms with Gasteiger partial charge in [0.1, 0.15) is 0 Å². The number of ether oxygens (including phenoxy) is 2. The molecule has 3 aliphatic rings. The molecule has 0 aromatic heterocycles. The Morgan fingerprint density at radius 3 is 2.50 bits per heavy atom. The highest BCUT2D eigenvalue weighted by atomic mass is 79.9. The van der Waals surface area contributed by atoms with Gasteiger partial charge in [0.25, 0.3) is 0 Å². The van der Waals surface area contributed by atoms with Gasteiger partial charge >= 0.3 is 0 Å². The van der Waals surface area contributed by atoms with Gasteiger partial charge in [-0.3, -0.25) is 0 Å². The van der Waals surface area contributed by atoms with Crippen LogP contribution in [0.5, 0.6) is 0 Å². The van der Waals surface area contributed by atoms with Crippen LogP contribution < -0.4 is 0 Å². The largest absolute Gasteiger partial charge is 0.375 e. The molecule has 0 aromatic carbocycles. The number of fused-ring (bicyclic) bond motifs is 2. The number of hydrogen-bond donors (Lipinski definition) is 0. The first kappa shape index (κ1) is 15.3. The Hall–Kier alpha value is 0.400. The second-order valence-electron chi connectivity index (χ2n) is 7.73. The van der Waals surface area contributed by atoms with Crippen LogP contribution >= 0.6 is 15.9 Å². The van der Waals surface area contributed by atoms with Gasteiger partial charge in [0.05, 0.1) is 17.3 Å². The minimum Gasteiger partial charge on any atom is -0.375 e. The first-order valence-electron chi connectivity index (χ1n) is 8.42. The summed E-state index contributed by atoms with van der Waals surface area (Å²) < 4.78 is 12.9. The highest BCUT2D eigenvalue weighted by molar-refractivity contribution is 9.09. The van der Waals surface area contributed by atoms with Gasteiger partial charge in [-0.1, -0.05) is 49.0 Å². The first-order chi connectivity index (χ1) is 9.46. The van der Waals surface area contributed by atoms with Gasteiger partial charge in [-0.25, -0.2) is 0 Å². The topological polar surface area (TPSA) is 18.5 Å². The molecule has 2 saturated heterocycles. The van der Waals surface area contributed by atoms with Gasteiger partial charge in [0, 0.05) is 17.9 Å². The molecule has 3 heteroatoms. The molecule has 1 aliphatic carbocycles. The number of hydrogen-bond acceptors (Lipinski definition) is 2. The molecule has 20 heavy (non-hydrogen) atoms. The van der Waals surface area contributed by atoms with Crippen molar-refractivity contribution in [1.82, 2.24) is 0 Å². The van der Waals surface area contributed by atoms with E-state index in [0.717, 1.165) is 25.4 Å². The molecule has 0 unspecified atom stereocenters. The van der Waals surface area contributed by atoms with Crippen LogP contribution in [0.4, 0.5) is 0 Å². The van der Waals surface area contributed by atoms with Crippen molar-refractivity contribution in [2.75, 3.05) is 6.61 Å². The summed E-state index contributed by atoms with van der Waals surface area (Å²) in [6, 6.07) is 0. The average molecular weight is 345 g/mol. The van der Waals surface area contributed by atoms with Crippen molar-refractivity contribution < 1.29 is 9.47 Å². The lowest BCUT2D eigenvalue weighted by molar-refractivity contribution is -0.0974. The van der Waals surface area contributed by atoms with Crippen LogP contribution in [-0.4, -0.2) is 28.7 Å². The summed E-state index contributed by atoms with van der Waals surface area (Å²) in [5, 5.41) is 0. The minimum atomic E-state index is -0.0763. The number of halogens is 1. The van der Waals surface area contributed by atoms with Crippen LogP contribution in [0, 0.1) is 11.8 Å². The van der Waals surface area contributed by atoms with Crippen molar-refractivity contribution in [3.8, 4) is 0 Å². The molecular weight excluding hydrogens is 316 g/mol. The minimum absolute atomic E-state index is 0.00795. The molecule has 2 nitrogen and oxygen atoms in total. The van der Waals surface area contributed by atoms with E-state index in [1.165, 1.54) is 32.1 Å². The van der Waals surface area contributed by atoms with E-state index in [9.17, 15) is 0 Å². The zero-order chi connectivity index (χ0) is 14.4. The molecule has 116 valence electrons. The van der Waals surface area contributed by atoms with Gasteiger partial charge in [-0.15, -0.1) is 0 Å². The number of rotatable bonds is 4. The maximum Gasteiger partial charge on any atom is 0.0936 e. The molecular formula is C17H29BrO2. The normalized spacial score (nSPS) is 45.5. The molecule has 0 spiro atoms. The monoisotopic (exact) mass is 344 g/mol. The average Bonchev–Trinajstić information content (AvgIpc) is 2.85. The zero-order valence-electron chi connectivity index (χ0n) is 13.2. The molecule has 2 aliphatic heterocycles. The summed E-state index contributed by atoms with van der Waals surface area (Å²) in [6.07, 6.45) is 9.37. The molecule has 0 radical (unpaired) electrons. The summed E-state index contributed by atoms with van der Waals surface area (Å²) in [4.78, 5) is 0.481. The summed E-state index contributed by atoms with van der Waals surface area (Å²) in [6.45, 7) is 7.77. The summed E-state index contributed by atoms with van der Waals surface area (Å²) >= 11 is 3.86. The molecule has 0 amide bonds. The van der Waals surface area contributed by atoms with Crippen LogP contribution in [-0.2, 0) is 9.47 Å². The SMILES string of the molecule is CC(C)[C@]12C[C@@H](OCC3CCCCC3)[C@](C)(C[C@@H]1Br)O2. The van der Waals surface area contributed by atoms with E-state index in [4.69, 9.17) is 9.47 Å². The summed E-state index contributed by atoms with van der Waals surface area (Å²) in [7, 11) is 0. The molecule has 1 saturated carbocycles. The van der Waals surface area contributed by atoms with E-state index in [1.807, 2.05) is 0 Å². The van der Waals surface area contributed by atoms with Crippen LogP contribution in [0.25, 0.3) is 0 Å². The third kappa shape index (κ3) is 2.48. The predicted molar refractivity (Wildman–Crippen MR) is 85.3 cm³/mol. The van der Waals surface area contributed by atoms with E-state index >= 15 is 0 Å².